The summed E-state index contributed by atoms with van der Waals surface area (Å²) in [7, 11) is 0. The molecule has 2 aliphatic rings. The third-order valence-electron chi connectivity index (χ3n) is 8.49. The Labute approximate surface area is 360 Å². The fourth-order valence-electron chi connectivity index (χ4n) is 5.94. The molecule has 2 rings (SSSR count). The number of aliphatic hydroxyl groups is 3. The van der Waals surface area contributed by atoms with Crippen LogP contribution in [0.1, 0.15) is 25.7 Å². The van der Waals surface area contributed by atoms with Crippen LogP contribution in [0.2, 0.25) is 0 Å². The molecule has 0 aromatic rings. The third kappa shape index (κ3) is 19.3. The molecule has 0 radical (unpaired) electrons. The molecule has 292 valence electrons. The molecule has 0 saturated heterocycles. The predicted molar refractivity (Wildman–Crippen MR) is 139 cm³/mol. The smallest absolute Gasteiger partial charge is 0.851 e. The minimum absolute atomic E-state index is 0. The Kier molecular flexibility index (Phi) is 31.5. The van der Waals surface area contributed by atoms with Crippen molar-refractivity contribution in [1.29, 1.82) is 0 Å². The number of hydrogen-bond acceptors (Lipinski definition) is 22. The van der Waals surface area contributed by atoms with E-state index in [2.05, 4.69) is 21.3 Å². The first-order valence-electron chi connectivity index (χ1n) is 15.6. The van der Waals surface area contributed by atoms with Gasteiger partial charge in [-0.25, -0.2) is 0 Å². The number of carboxylic acids is 4. The van der Waals surface area contributed by atoms with Gasteiger partial charge in [-0.1, -0.05) is 30.7 Å². The Hall–Kier alpha value is -0.0696. The molecule has 0 aromatic carbocycles. The number of aliphatic hydroxyl groups excluding tert-OH is 3. The van der Waals surface area contributed by atoms with Crippen molar-refractivity contribution < 1.29 is 168 Å². The molecule has 53 heavy (non-hydrogen) atoms. The van der Waals surface area contributed by atoms with E-state index in [-0.39, 0.29) is 96.8 Å². The van der Waals surface area contributed by atoms with Gasteiger partial charge in [-0.3, -0.25) is 0 Å². The zero-order chi connectivity index (χ0) is 38.3. The van der Waals surface area contributed by atoms with Crippen LogP contribution in [0.25, 0.3) is 0 Å². The van der Waals surface area contributed by atoms with E-state index in [4.69, 9.17) is 10.2 Å². The van der Waals surface area contributed by atoms with Crippen LogP contribution in [0.15, 0.2) is 0 Å². The Morgan fingerprint density at radius 1 is 0.528 bits per heavy atom. The summed E-state index contributed by atoms with van der Waals surface area (Å²) in [6.45, 7) is -4.08. The van der Waals surface area contributed by atoms with Gasteiger partial charge in [0.15, 0.2) is 0 Å². The molecule has 0 amide bonds. The van der Waals surface area contributed by atoms with Gasteiger partial charge in [0, 0.05) is 44.9 Å². The summed E-state index contributed by atoms with van der Waals surface area (Å²) in [5, 5.41) is 164. The molecule has 0 aromatic heterocycles. The third-order valence-corrected chi connectivity index (χ3v) is 8.49. The number of carbonyl (C=O) groups is 4. The SMILES string of the molecule is O=C([O-])CC[C@H]1[C@@H]([O-])[C@@H](NCC(=O)[O-])[C@@H]([O-])[C@@H](NCC([O-])CO)[C@H]1[O-].O=C([O-])CN[C@H]1[C@@H]([O-])[C@@H](CCC([O-])CO)[C@@H](O)[C@@H](NCC(=O)[O-])[C@H]1[O-].[Hf+4].[Hf+4].[Hf+4]. The molecule has 2 fully saturated rings. The van der Waals surface area contributed by atoms with Crippen LogP contribution >= 0.6 is 0 Å². The maximum atomic E-state index is 12.5. The molecule has 2 aliphatic carbocycles. The second-order valence-corrected chi connectivity index (χ2v) is 12.0. The number of carboxylic acid groups (broad SMARTS) is 4. The van der Waals surface area contributed by atoms with Crippen molar-refractivity contribution in [3.63, 3.8) is 0 Å². The number of hydrogen-bond donors (Lipinski definition) is 7. The Morgan fingerprint density at radius 2 is 0.906 bits per heavy atom. The summed E-state index contributed by atoms with van der Waals surface area (Å²) in [5.41, 5.74) is 0. The van der Waals surface area contributed by atoms with Gasteiger partial charge in [-0.2, -0.15) is 0 Å². The summed E-state index contributed by atoms with van der Waals surface area (Å²) in [6.07, 6.45) is -14.5. The van der Waals surface area contributed by atoms with Gasteiger partial charge in [-0.15, -0.1) is 24.4 Å². The molecule has 0 heterocycles. The van der Waals surface area contributed by atoms with Gasteiger partial charge in [0.1, 0.15) is 0 Å². The average molecular weight is 1260 g/mol. The Morgan fingerprint density at radius 3 is 1.30 bits per heavy atom. The summed E-state index contributed by atoms with van der Waals surface area (Å²) in [6, 6.07) is -5.65. The van der Waals surface area contributed by atoms with Crippen LogP contribution in [0, 0.1) is 11.8 Å². The van der Waals surface area contributed by atoms with Crippen LogP contribution < -0.4 is 77.4 Å². The Bertz CT molecular complexity index is 933. The van der Waals surface area contributed by atoms with E-state index in [1.807, 2.05) is 0 Å². The van der Waals surface area contributed by atoms with E-state index in [9.17, 15) is 80.5 Å². The first-order valence-corrected chi connectivity index (χ1v) is 15.6. The first-order chi connectivity index (χ1) is 23.4. The fraction of sp³-hybridized carbons (Fsp3) is 0.857. The van der Waals surface area contributed by atoms with Gasteiger partial charge >= 0.3 is 77.5 Å². The van der Waals surface area contributed by atoms with Crippen LogP contribution in [0.5, 0.6) is 0 Å². The molecule has 0 aliphatic heterocycles. The minimum Gasteiger partial charge on any atom is -0.851 e. The summed E-state index contributed by atoms with van der Waals surface area (Å²) < 4.78 is 0. The van der Waals surface area contributed by atoms with Crippen molar-refractivity contribution in [1.82, 2.24) is 21.3 Å². The van der Waals surface area contributed by atoms with E-state index in [1.54, 1.807) is 0 Å². The molecule has 0 bridgehead atoms. The summed E-state index contributed by atoms with van der Waals surface area (Å²) in [4.78, 5) is 42.2. The van der Waals surface area contributed by atoms with Crippen LogP contribution in [-0.4, -0.2) is 152 Å². The molecule has 2 unspecified atom stereocenters. The zero-order valence-electron chi connectivity index (χ0n) is 28.1. The van der Waals surface area contributed by atoms with E-state index in [0.717, 1.165) is 0 Å². The molecule has 0 spiro atoms. The normalized spacial score (nSPS) is 31.9. The van der Waals surface area contributed by atoms with E-state index >= 15 is 0 Å². The van der Waals surface area contributed by atoms with Crippen LogP contribution in [0.3, 0.4) is 0 Å². The molecule has 25 heteroatoms. The maximum absolute atomic E-state index is 12.5. The minimum atomic E-state index is -1.85. The molecular formula is C28H41Hf3N4O18+. The monoisotopic (exact) mass is 1260 g/mol. The van der Waals surface area contributed by atoms with Crippen LogP contribution in [0.4, 0.5) is 0 Å². The zero-order valence-corrected chi connectivity index (χ0v) is 38.9. The average Bonchev–Trinajstić information content (AvgIpc) is 3.03. The second-order valence-electron chi connectivity index (χ2n) is 12.0. The van der Waals surface area contributed by atoms with Crippen molar-refractivity contribution in [3.05, 3.63) is 0 Å². The molecular weight excluding hydrogens is 1220 g/mol. The molecule has 7 N–H and O–H groups in total. The fourth-order valence-corrected chi connectivity index (χ4v) is 5.94. The number of aliphatic carboxylic acids is 4. The van der Waals surface area contributed by atoms with Gasteiger partial charge in [-0.05, 0) is 49.9 Å². The first kappa shape index (κ1) is 57.3. The molecule has 14 atom stereocenters. The van der Waals surface area contributed by atoms with Crippen molar-refractivity contribution in [2.75, 3.05) is 39.4 Å². The van der Waals surface area contributed by atoms with E-state index in [1.165, 1.54) is 0 Å². The van der Waals surface area contributed by atoms with Gasteiger partial charge in [0.05, 0.1) is 24.0 Å². The standard InChI is InChI=1S/C14H22N2O9.C14H23N2O9.3Hf/c17-5-6(18)3-15-10-12(23)7(1-2-8(19)20)13(24)11(14(10)25)16-4-9(21)22;17-5-6(18)1-2-7-12(23)10(15-3-8(19)20)14(25)11(13(7)24)16-4-9(21)22;;;/h6-7,10-17H,1-5H2,(H,19,20)(H,21,22);6-7,10-17,23H,1-5H2,(H,19,20)(H,21,22);;;/q-4;-3;3*+4/p-4/t2*6?,7-,10+,11-,12+,13-,14+;;;/m10.../s1. The number of carbonyl (C=O) groups excluding carboxylic acids is 4. The van der Waals surface area contributed by atoms with Gasteiger partial charge in [0.25, 0.3) is 0 Å². The van der Waals surface area contributed by atoms with E-state index in [0.29, 0.717) is 0 Å². The van der Waals surface area contributed by atoms with E-state index < -0.39 is 155 Å². The van der Waals surface area contributed by atoms with Gasteiger partial charge < -0.3 is 112 Å². The van der Waals surface area contributed by atoms with Crippen molar-refractivity contribution in [2.24, 2.45) is 11.8 Å². The second kappa shape index (κ2) is 29.2. The maximum Gasteiger partial charge on any atom is 4.00 e. The predicted octanol–water partition coefficient (Wildman–Crippen LogP) is -17.9. The quantitative estimate of drug-likeness (QED) is 0.0557. The number of nitrogens with one attached hydrogen (secondary N) is 4. The van der Waals surface area contributed by atoms with Crippen molar-refractivity contribution >= 4 is 23.9 Å². The summed E-state index contributed by atoms with van der Waals surface area (Å²) >= 11 is 0. The van der Waals surface area contributed by atoms with Gasteiger partial charge in [0.2, 0.25) is 0 Å². The summed E-state index contributed by atoms with van der Waals surface area (Å²) in [5.74, 6) is -8.47. The molecule has 2 saturated carbocycles. The number of rotatable bonds is 20. The molecule has 22 nitrogen and oxygen atoms in total. The van der Waals surface area contributed by atoms with Crippen LogP contribution in [-0.2, 0) is 96.7 Å². The topological polar surface area (TPSA) is 431 Å². The Balaban J connectivity index is -0.000000893. The van der Waals surface area contributed by atoms with Crippen molar-refractivity contribution in [2.45, 2.75) is 98.7 Å². The largest absolute Gasteiger partial charge is 4.00 e. The van der Waals surface area contributed by atoms with Crippen molar-refractivity contribution in [3.8, 4) is 0 Å².